The van der Waals surface area contributed by atoms with Gasteiger partial charge in [-0.25, -0.2) is 0 Å². The van der Waals surface area contributed by atoms with Gasteiger partial charge in [-0.2, -0.15) is 0 Å². The number of benzene rings is 2. The van der Waals surface area contributed by atoms with Crippen LogP contribution in [0.4, 0.5) is 11.4 Å². The molecule has 2 aromatic rings. The number of nitrogens with one attached hydrogen (secondary N) is 1. The molecule has 5 heteroatoms. The minimum Gasteiger partial charge on any atom is -0.486 e. The summed E-state index contributed by atoms with van der Waals surface area (Å²) in [5.41, 5.74) is 2.44. The molecule has 0 spiro atoms. The molecule has 0 unspecified atom stereocenters. The molecule has 0 aliphatic carbocycles. The van der Waals surface area contributed by atoms with Gasteiger partial charge in [-0.3, -0.25) is 4.79 Å². The van der Waals surface area contributed by atoms with Gasteiger partial charge in [-0.05, 0) is 50.2 Å². The predicted octanol–water partition coefficient (Wildman–Crippen LogP) is 3.56. The van der Waals surface area contributed by atoms with Crippen LogP contribution in [0.5, 0.6) is 11.5 Å². The second-order valence-electron chi connectivity index (χ2n) is 5.53. The molecule has 0 radical (unpaired) electrons. The number of nitrogens with zero attached hydrogens (tertiary/aromatic N) is 1. The largest absolute Gasteiger partial charge is 0.486 e. The molecule has 3 rings (SSSR count). The molecule has 1 N–H and O–H groups in total. The van der Waals surface area contributed by atoms with Gasteiger partial charge in [0.15, 0.2) is 11.5 Å². The summed E-state index contributed by atoms with van der Waals surface area (Å²) >= 11 is 0. The van der Waals surface area contributed by atoms with Crippen molar-refractivity contribution in [1.29, 1.82) is 0 Å². The lowest BCUT2D eigenvalue weighted by molar-refractivity contribution is 0.102. The van der Waals surface area contributed by atoms with Crippen LogP contribution in [0.15, 0.2) is 42.5 Å². The first-order chi connectivity index (χ1) is 11.7. The van der Waals surface area contributed by atoms with Crippen LogP contribution in [0, 0.1) is 0 Å². The summed E-state index contributed by atoms with van der Waals surface area (Å²) in [6.45, 7) is 7.20. The summed E-state index contributed by atoms with van der Waals surface area (Å²) in [4.78, 5) is 14.6. The van der Waals surface area contributed by atoms with Crippen LogP contribution in [-0.4, -0.2) is 32.2 Å². The molecule has 1 amide bonds. The Labute approximate surface area is 142 Å². The third-order valence-corrected chi connectivity index (χ3v) is 4.06. The van der Waals surface area contributed by atoms with E-state index in [4.69, 9.17) is 9.47 Å². The quantitative estimate of drug-likeness (QED) is 0.913. The average molecular weight is 326 g/mol. The number of ether oxygens (including phenoxy) is 2. The van der Waals surface area contributed by atoms with E-state index in [0.717, 1.165) is 18.8 Å². The van der Waals surface area contributed by atoms with Gasteiger partial charge in [0, 0.05) is 36.1 Å². The van der Waals surface area contributed by atoms with E-state index >= 15 is 0 Å². The Hall–Kier alpha value is -2.69. The number of anilines is 2. The highest BCUT2D eigenvalue weighted by atomic mass is 16.6. The fourth-order valence-corrected chi connectivity index (χ4v) is 2.74. The molecule has 0 aromatic heterocycles. The molecule has 126 valence electrons. The maximum absolute atomic E-state index is 12.4. The van der Waals surface area contributed by atoms with Crippen LogP contribution in [0.2, 0.25) is 0 Å². The Bertz CT molecular complexity index is 709. The molecule has 0 fully saturated rings. The Balaban J connectivity index is 1.70. The van der Waals surface area contributed by atoms with E-state index < -0.39 is 0 Å². The standard InChI is InChI=1S/C19H22N2O3/c1-3-21(4-2)16-8-5-14(6-9-16)19(22)20-15-7-10-17-18(13-15)24-12-11-23-17/h5-10,13H,3-4,11-12H2,1-2H3,(H,20,22). The second-order valence-corrected chi connectivity index (χ2v) is 5.53. The van der Waals surface area contributed by atoms with Gasteiger partial charge in [-0.1, -0.05) is 0 Å². The lowest BCUT2D eigenvalue weighted by Crippen LogP contribution is -2.21. The molecular weight excluding hydrogens is 304 g/mol. The Morgan fingerprint density at radius 1 is 1.00 bits per heavy atom. The van der Waals surface area contributed by atoms with Crippen molar-refractivity contribution in [3.05, 3.63) is 48.0 Å². The smallest absolute Gasteiger partial charge is 0.255 e. The summed E-state index contributed by atoms with van der Waals surface area (Å²) in [6.07, 6.45) is 0. The van der Waals surface area contributed by atoms with Gasteiger partial charge < -0.3 is 19.7 Å². The van der Waals surface area contributed by atoms with Crippen molar-refractivity contribution in [3.8, 4) is 11.5 Å². The van der Waals surface area contributed by atoms with Crippen molar-refractivity contribution < 1.29 is 14.3 Å². The first-order valence-corrected chi connectivity index (χ1v) is 8.27. The van der Waals surface area contributed by atoms with Crippen molar-refractivity contribution in [2.75, 3.05) is 36.5 Å². The van der Waals surface area contributed by atoms with E-state index in [9.17, 15) is 4.79 Å². The number of carbonyl (C=O) groups is 1. The number of fused-ring (bicyclic) bond motifs is 1. The van der Waals surface area contributed by atoms with Crippen LogP contribution in [0.25, 0.3) is 0 Å². The van der Waals surface area contributed by atoms with Crippen LogP contribution < -0.4 is 19.7 Å². The monoisotopic (exact) mass is 326 g/mol. The van der Waals surface area contributed by atoms with Crippen LogP contribution >= 0.6 is 0 Å². The molecule has 0 saturated carbocycles. The molecule has 0 saturated heterocycles. The van der Waals surface area contributed by atoms with Crippen molar-refractivity contribution in [2.24, 2.45) is 0 Å². The minimum absolute atomic E-state index is 0.141. The molecular formula is C19H22N2O3. The highest BCUT2D eigenvalue weighted by Crippen LogP contribution is 2.32. The van der Waals surface area contributed by atoms with Gasteiger partial charge in [0.2, 0.25) is 0 Å². The van der Waals surface area contributed by atoms with Crippen LogP contribution in [-0.2, 0) is 0 Å². The minimum atomic E-state index is -0.141. The first-order valence-electron chi connectivity index (χ1n) is 8.27. The Morgan fingerprint density at radius 2 is 1.67 bits per heavy atom. The maximum Gasteiger partial charge on any atom is 0.255 e. The second kappa shape index (κ2) is 7.25. The van der Waals surface area contributed by atoms with Gasteiger partial charge >= 0.3 is 0 Å². The Morgan fingerprint density at radius 3 is 2.33 bits per heavy atom. The molecule has 24 heavy (non-hydrogen) atoms. The highest BCUT2D eigenvalue weighted by Gasteiger charge is 2.13. The lowest BCUT2D eigenvalue weighted by Gasteiger charge is -2.21. The molecule has 5 nitrogen and oxygen atoms in total. The van der Waals surface area contributed by atoms with Gasteiger partial charge in [0.05, 0.1) is 0 Å². The predicted molar refractivity (Wildman–Crippen MR) is 95.4 cm³/mol. The molecule has 1 heterocycles. The third-order valence-electron chi connectivity index (χ3n) is 4.06. The number of amides is 1. The SMILES string of the molecule is CCN(CC)c1ccc(C(=O)Nc2ccc3c(c2)OCCO3)cc1. The van der Waals surface area contributed by atoms with Crippen molar-refractivity contribution in [3.63, 3.8) is 0 Å². The number of hydrogen-bond acceptors (Lipinski definition) is 4. The van der Waals surface area contributed by atoms with E-state index in [1.807, 2.05) is 36.4 Å². The summed E-state index contributed by atoms with van der Waals surface area (Å²) < 4.78 is 11.0. The third kappa shape index (κ3) is 3.45. The zero-order valence-electron chi connectivity index (χ0n) is 14.0. The van der Waals surface area contributed by atoms with Crippen molar-refractivity contribution in [2.45, 2.75) is 13.8 Å². The molecule has 2 aromatic carbocycles. The van der Waals surface area contributed by atoms with Gasteiger partial charge in [0.25, 0.3) is 5.91 Å². The first kappa shape index (κ1) is 16.2. The van der Waals surface area contributed by atoms with E-state index in [2.05, 4.69) is 24.1 Å². The van der Waals surface area contributed by atoms with Gasteiger partial charge in [0.1, 0.15) is 13.2 Å². The van der Waals surface area contributed by atoms with E-state index in [1.165, 1.54) is 0 Å². The lowest BCUT2D eigenvalue weighted by atomic mass is 10.1. The molecule has 0 atom stereocenters. The molecule has 1 aliphatic heterocycles. The van der Waals surface area contributed by atoms with E-state index in [0.29, 0.717) is 36.0 Å². The highest BCUT2D eigenvalue weighted by molar-refractivity contribution is 6.04. The average Bonchev–Trinajstić information content (AvgIpc) is 2.63. The number of hydrogen-bond donors (Lipinski definition) is 1. The fourth-order valence-electron chi connectivity index (χ4n) is 2.74. The summed E-state index contributed by atoms with van der Waals surface area (Å²) in [6, 6.07) is 13.1. The Kier molecular flexibility index (Phi) is 4.89. The zero-order valence-corrected chi connectivity index (χ0v) is 14.0. The number of carbonyl (C=O) groups excluding carboxylic acids is 1. The van der Waals surface area contributed by atoms with Crippen LogP contribution in [0.1, 0.15) is 24.2 Å². The zero-order chi connectivity index (χ0) is 16.9. The van der Waals surface area contributed by atoms with Crippen molar-refractivity contribution >= 4 is 17.3 Å². The summed E-state index contributed by atoms with van der Waals surface area (Å²) in [7, 11) is 0. The normalized spacial score (nSPS) is 12.6. The fraction of sp³-hybridized carbons (Fsp3) is 0.316. The topological polar surface area (TPSA) is 50.8 Å². The van der Waals surface area contributed by atoms with Crippen molar-refractivity contribution in [1.82, 2.24) is 0 Å². The number of rotatable bonds is 5. The molecule has 0 bridgehead atoms. The van der Waals surface area contributed by atoms with E-state index in [-0.39, 0.29) is 5.91 Å². The van der Waals surface area contributed by atoms with Gasteiger partial charge in [-0.15, -0.1) is 0 Å². The summed E-state index contributed by atoms with van der Waals surface area (Å²) in [5, 5.41) is 2.90. The molecule has 1 aliphatic rings. The van der Waals surface area contributed by atoms with Crippen LogP contribution in [0.3, 0.4) is 0 Å². The maximum atomic E-state index is 12.4. The van der Waals surface area contributed by atoms with E-state index in [1.54, 1.807) is 6.07 Å². The summed E-state index contributed by atoms with van der Waals surface area (Å²) in [5.74, 6) is 1.23.